The number of methoxy groups -OCH3 is 3. The Morgan fingerprint density at radius 2 is 1.51 bits per heavy atom. The van der Waals surface area contributed by atoms with Gasteiger partial charge in [0.2, 0.25) is 17.4 Å². The first-order chi connectivity index (χ1) is 47.1. The molecule has 1 spiro atoms. The molecule has 2 bridgehead atoms. The minimum Gasteiger partial charge on any atom is -0.496 e. The number of nitrogens with zero attached hydrogens (tertiary/aromatic N) is 4. The fourth-order valence-electron chi connectivity index (χ4n) is 18.4. The number of likely N-dealkylation sites (tertiary alicyclic amines) is 1. The number of nitrogens with one attached hydrogen (secondary N) is 3. The number of ether oxygens (including phenoxy) is 6. The van der Waals surface area contributed by atoms with E-state index in [-0.39, 0.29) is 55.6 Å². The highest BCUT2D eigenvalue weighted by Gasteiger charge is 2.80. The summed E-state index contributed by atoms with van der Waals surface area (Å²) in [5.74, 6) is -5.69. The van der Waals surface area contributed by atoms with E-state index in [1.165, 1.54) is 21.1 Å². The number of amides is 3. The molecule has 0 unspecified atom stereocenters. The van der Waals surface area contributed by atoms with Crippen LogP contribution >= 0.6 is 0 Å². The summed E-state index contributed by atoms with van der Waals surface area (Å²) >= 11 is 0. The molecule has 98 heavy (non-hydrogen) atoms. The van der Waals surface area contributed by atoms with Crippen LogP contribution in [0, 0.1) is 17.3 Å². The first-order valence-electron chi connectivity index (χ1n) is 34.5. The Labute approximate surface area is 571 Å². The molecule has 7 aliphatic rings. The van der Waals surface area contributed by atoms with E-state index in [9.17, 15) is 33.9 Å². The minimum atomic E-state index is -2.40. The third kappa shape index (κ3) is 11.7. The fourth-order valence-corrected chi connectivity index (χ4v) is 18.4. The molecule has 2 saturated heterocycles. The number of hydrogen-bond acceptors (Lipinski definition) is 17. The number of para-hydroxylation sites is 1. The Morgan fingerprint density at radius 3 is 2.17 bits per heavy atom. The van der Waals surface area contributed by atoms with E-state index in [4.69, 9.17) is 28.4 Å². The van der Waals surface area contributed by atoms with Crippen LogP contribution in [0.1, 0.15) is 119 Å². The molecule has 520 valence electrons. The first kappa shape index (κ1) is 69.1. The highest BCUT2D eigenvalue weighted by Crippen LogP contribution is 2.68. The zero-order valence-corrected chi connectivity index (χ0v) is 57.6. The van der Waals surface area contributed by atoms with Crippen LogP contribution in [0.15, 0.2) is 121 Å². The van der Waals surface area contributed by atoms with Gasteiger partial charge < -0.3 is 63.4 Å². The van der Waals surface area contributed by atoms with E-state index in [0.717, 1.165) is 33.2 Å². The van der Waals surface area contributed by atoms with E-state index >= 15 is 9.59 Å². The van der Waals surface area contributed by atoms with Gasteiger partial charge in [0.25, 0.3) is 5.91 Å². The van der Waals surface area contributed by atoms with Gasteiger partial charge in [-0.05, 0) is 85.4 Å². The van der Waals surface area contributed by atoms with Crippen LogP contribution < -0.4 is 20.3 Å². The number of carbonyl (C=O) groups excluding carboxylic acids is 8. The van der Waals surface area contributed by atoms with Crippen molar-refractivity contribution in [1.29, 1.82) is 0 Å². The van der Waals surface area contributed by atoms with Crippen molar-refractivity contribution in [2.45, 2.75) is 158 Å². The average Bonchev–Trinajstić information content (AvgIpc) is 1.45. The molecule has 13 atom stereocenters. The number of benzene rings is 4. The zero-order chi connectivity index (χ0) is 69.6. The van der Waals surface area contributed by atoms with Gasteiger partial charge in [0.05, 0.1) is 40.3 Å². The van der Waals surface area contributed by atoms with Gasteiger partial charge in [-0.2, -0.15) is 0 Å². The van der Waals surface area contributed by atoms with Gasteiger partial charge in [-0.3, -0.25) is 33.7 Å². The van der Waals surface area contributed by atoms with Crippen molar-refractivity contribution in [3.63, 3.8) is 0 Å². The lowest BCUT2D eigenvalue weighted by Gasteiger charge is -2.63. The van der Waals surface area contributed by atoms with E-state index in [0.29, 0.717) is 93.0 Å². The molecule has 5 aromatic rings. The second-order valence-corrected chi connectivity index (χ2v) is 28.1. The van der Waals surface area contributed by atoms with Crippen molar-refractivity contribution in [2.24, 2.45) is 17.3 Å². The van der Waals surface area contributed by atoms with E-state index in [1.807, 2.05) is 99.5 Å². The minimum absolute atomic E-state index is 0.00836. The van der Waals surface area contributed by atoms with Crippen LogP contribution in [-0.4, -0.2) is 182 Å². The molecule has 22 heteroatoms. The molecule has 1 aromatic heterocycles. The third-order valence-electron chi connectivity index (χ3n) is 22.7. The molecule has 22 nitrogen and oxygen atoms in total. The van der Waals surface area contributed by atoms with Gasteiger partial charge in [-0.1, -0.05) is 131 Å². The number of aromatic nitrogens is 1. The summed E-state index contributed by atoms with van der Waals surface area (Å²) < 4.78 is 35.9. The number of quaternary nitrogens is 1. The molecule has 12 rings (SSSR count). The molecule has 3 amide bonds. The number of fused-ring (bicyclic) bond motifs is 6. The topological polar surface area (TPSA) is 262 Å². The van der Waals surface area contributed by atoms with Gasteiger partial charge >= 0.3 is 29.8 Å². The number of H-pyrrole nitrogens is 1. The Bertz CT molecular complexity index is 3990. The quantitative estimate of drug-likeness (QED) is 0.0232. The summed E-state index contributed by atoms with van der Waals surface area (Å²) in [6.07, 6.45) is 7.37. The van der Waals surface area contributed by atoms with Crippen LogP contribution in [0.25, 0.3) is 10.9 Å². The highest BCUT2D eigenvalue weighted by atomic mass is 16.6. The van der Waals surface area contributed by atoms with Crippen LogP contribution in [0.2, 0.25) is 0 Å². The van der Waals surface area contributed by atoms with Crippen LogP contribution in [0.4, 0.5) is 5.69 Å². The van der Waals surface area contributed by atoms with Crippen LogP contribution in [-0.2, 0) is 92.6 Å². The maximum atomic E-state index is 16.0. The Morgan fingerprint density at radius 1 is 0.816 bits per heavy atom. The second-order valence-electron chi connectivity index (χ2n) is 28.1. The first-order valence-corrected chi connectivity index (χ1v) is 34.5. The largest absolute Gasteiger partial charge is 0.496 e. The normalized spacial score (nSPS) is 28.2. The van der Waals surface area contributed by atoms with Crippen molar-refractivity contribution in [3.05, 3.63) is 154 Å². The highest BCUT2D eigenvalue weighted by molar-refractivity contribution is 5.97. The summed E-state index contributed by atoms with van der Waals surface area (Å²) in [5.41, 5.74) is 0.460. The summed E-state index contributed by atoms with van der Waals surface area (Å²) in [6.45, 7) is 11.5. The Balaban J connectivity index is 0.883. The fraction of sp³-hybridized carbons (Fsp3) is 0.500. The number of esters is 5. The zero-order valence-electron chi connectivity index (χ0n) is 57.6. The Kier molecular flexibility index (Phi) is 19.3. The standard InChI is InChI=1S/C76H91N7O15/c1-10-46(4)63(66(88)78-57(67(89)97-45-50-25-17-14-18-26-50)37-62(86)96-44-49-23-15-13-16-24-49)79-65(87)58-29-21-33-82(58)61(85)43-83-40-48(11-2)35-51(41-83)39-75(71(90)94-8,64-53(42-83)52-27-19-20-28-56(52)77-64)55-36-54-59(38-60(55)93-7)80(6)69-74(54)31-34-81-32-22-30-73(12-3,68(74)81)70(98-47(5)84)76(69,92)72(91)95-9/h13-20,22-28,30,35-36,38,46,51,57-58,63,68-70,77,92H,10-12,21,29,31-34,37,39-45H2,1-9H3,(H-,78,79,87,88)/p+1/t46-,51+,57-,58-,63-,68-,69+,70+,73+,74+,75-,76-,83-/m0/s1. The molecular weight excluding hydrogens is 1250 g/mol. The van der Waals surface area contributed by atoms with Crippen molar-refractivity contribution >= 4 is 64.2 Å². The average molecular weight is 1340 g/mol. The summed E-state index contributed by atoms with van der Waals surface area (Å²) in [5, 5.41) is 20.2. The summed E-state index contributed by atoms with van der Waals surface area (Å²) in [6, 6.07) is 24.9. The number of aliphatic hydroxyl groups is 1. The molecule has 1 saturated carbocycles. The third-order valence-corrected chi connectivity index (χ3v) is 22.7. The molecule has 6 aliphatic heterocycles. The number of likely N-dealkylation sites (N-methyl/N-ethyl adjacent to an activating group) is 1. The number of rotatable bonds is 22. The van der Waals surface area contributed by atoms with Crippen molar-refractivity contribution < 1.29 is 76.4 Å². The lowest BCUT2D eigenvalue weighted by Crippen LogP contribution is -2.81. The predicted octanol–water partition coefficient (Wildman–Crippen LogP) is 7.15. The van der Waals surface area contributed by atoms with Gasteiger partial charge in [0.1, 0.15) is 55.6 Å². The maximum absolute atomic E-state index is 16.0. The lowest BCUT2D eigenvalue weighted by atomic mass is 9.47. The van der Waals surface area contributed by atoms with E-state index in [2.05, 4.69) is 39.6 Å². The van der Waals surface area contributed by atoms with Gasteiger partial charge in [-0.25, -0.2) is 9.59 Å². The summed E-state index contributed by atoms with van der Waals surface area (Å²) in [7, 11) is 6.01. The van der Waals surface area contributed by atoms with Crippen molar-refractivity contribution in [2.75, 3.05) is 72.5 Å². The number of carbonyl (C=O) groups is 8. The van der Waals surface area contributed by atoms with Crippen molar-refractivity contribution in [1.82, 2.24) is 25.4 Å². The van der Waals surface area contributed by atoms with Gasteiger partial charge in [0, 0.05) is 89.3 Å². The molecule has 0 radical (unpaired) electrons. The smallest absolute Gasteiger partial charge is 0.344 e. The van der Waals surface area contributed by atoms with Crippen molar-refractivity contribution in [3.8, 4) is 5.75 Å². The summed E-state index contributed by atoms with van der Waals surface area (Å²) in [4.78, 5) is 126. The van der Waals surface area contributed by atoms with Gasteiger partial charge in [-0.15, -0.1) is 0 Å². The molecule has 1 aliphatic carbocycles. The number of hydrogen-bond donors (Lipinski definition) is 4. The predicted molar refractivity (Wildman–Crippen MR) is 363 cm³/mol. The van der Waals surface area contributed by atoms with Gasteiger partial charge in [0.15, 0.2) is 12.6 Å². The molecular formula is C76H92N7O15+. The molecule has 3 fully saturated rings. The SMILES string of the molecule is CCC1=C[C@@H]2C[C@](C(=O)OC)(c3cc4c(cc3OC)N(C)[C@H]3[C@@](O)(C(=O)OC)[C@H](OC(C)=O)[C@]5(CC)C=CCN6CC[C@]43[C@@H]65)c3[nH]c4ccccc4c3C[N@+](CC(=O)N3CCC[C@H]3C(=O)N[C@H](C(=O)N[C@@H](CC(=O)OCc3ccccc3)C(=O)OCc3ccccc3)[C@@H](C)CC)(C1)C2. The molecule has 7 heterocycles. The van der Waals surface area contributed by atoms with Crippen LogP contribution in [0.5, 0.6) is 5.75 Å². The molecule has 4 N–H and O–H groups in total. The van der Waals surface area contributed by atoms with Crippen LogP contribution in [0.3, 0.4) is 0 Å². The molecule has 4 aromatic carbocycles. The second kappa shape index (κ2) is 27.5. The lowest BCUT2D eigenvalue weighted by molar-refractivity contribution is -0.934. The van der Waals surface area contributed by atoms with E-state index < -0.39 is 112 Å². The Hall–Kier alpha value is -8.86. The monoisotopic (exact) mass is 1340 g/mol. The van der Waals surface area contributed by atoms with E-state index in [1.54, 1.807) is 48.4 Å². The number of anilines is 1. The maximum Gasteiger partial charge on any atom is 0.344 e. The number of aromatic amines is 1.